The zero-order valence-electron chi connectivity index (χ0n) is 12.7. The number of anilines is 2. The van der Waals surface area contributed by atoms with Crippen molar-refractivity contribution in [1.29, 1.82) is 0 Å². The van der Waals surface area contributed by atoms with Crippen LogP contribution in [0, 0.1) is 6.92 Å². The van der Waals surface area contributed by atoms with E-state index in [1.54, 1.807) is 12.4 Å². The standard InChI is InChI=1S/C14H16N8O/c1-9-19-20-13-12(21-2-4-23-5-3-21)18-11(8-22(9)13)10-6-16-14(15)17-7-10/h6-8H,2-5H2,1H3,(H2,15,16,17). The van der Waals surface area contributed by atoms with Crippen molar-refractivity contribution in [3.63, 3.8) is 0 Å². The molecule has 0 radical (unpaired) electrons. The van der Waals surface area contributed by atoms with Crippen molar-refractivity contribution in [3.8, 4) is 11.3 Å². The number of rotatable bonds is 2. The Morgan fingerprint density at radius 1 is 1.13 bits per heavy atom. The molecule has 1 aliphatic rings. The average molecular weight is 312 g/mol. The second-order valence-electron chi connectivity index (χ2n) is 5.32. The van der Waals surface area contributed by atoms with E-state index < -0.39 is 0 Å². The van der Waals surface area contributed by atoms with Crippen molar-refractivity contribution in [2.24, 2.45) is 0 Å². The minimum Gasteiger partial charge on any atom is -0.378 e. The average Bonchev–Trinajstić information content (AvgIpc) is 2.97. The van der Waals surface area contributed by atoms with Gasteiger partial charge in [0.05, 0.1) is 18.9 Å². The molecule has 4 heterocycles. The summed E-state index contributed by atoms with van der Waals surface area (Å²) in [6.45, 7) is 4.81. The number of hydrogen-bond donors (Lipinski definition) is 1. The van der Waals surface area contributed by atoms with E-state index >= 15 is 0 Å². The van der Waals surface area contributed by atoms with Gasteiger partial charge in [-0.15, -0.1) is 10.2 Å². The van der Waals surface area contributed by atoms with E-state index in [4.69, 9.17) is 15.5 Å². The molecule has 1 aliphatic heterocycles. The molecule has 1 saturated heterocycles. The second kappa shape index (κ2) is 5.43. The van der Waals surface area contributed by atoms with E-state index in [-0.39, 0.29) is 5.95 Å². The normalized spacial score (nSPS) is 15.3. The summed E-state index contributed by atoms with van der Waals surface area (Å²) in [4.78, 5) is 15.0. The summed E-state index contributed by atoms with van der Waals surface area (Å²) >= 11 is 0. The van der Waals surface area contributed by atoms with Gasteiger partial charge >= 0.3 is 0 Å². The first-order chi connectivity index (χ1) is 11.2. The molecule has 0 aromatic carbocycles. The van der Waals surface area contributed by atoms with Gasteiger partial charge in [-0.3, -0.25) is 4.40 Å². The molecule has 0 saturated carbocycles. The van der Waals surface area contributed by atoms with Crippen molar-refractivity contribution >= 4 is 17.4 Å². The summed E-state index contributed by atoms with van der Waals surface area (Å²) in [7, 11) is 0. The zero-order chi connectivity index (χ0) is 15.8. The SMILES string of the molecule is Cc1nnc2c(N3CCOCC3)nc(-c3cnc(N)nc3)cn12. The third-order valence-corrected chi connectivity index (χ3v) is 3.82. The maximum Gasteiger partial charge on any atom is 0.219 e. The monoisotopic (exact) mass is 312 g/mol. The van der Waals surface area contributed by atoms with Gasteiger partial charge in [0.1, 0.15) is 5.82 Å². The number of aryl methyl sites for hydroxylation is 1. The maximum absolute atomic E-state index is 5.56. The van der Waals surface area contributed by atoms with E-state index in [9.17, 15) is 0 Å². The molecule has 0 amide bonds. The molecule has 3 aromatic rings. The third-order valence-electron chi connectivity index (χ3n) is 3.82. The number of hydrogen-bond acceptors (Lipinski definition) is 8. The second-order valence-corrected chi connectivity index (χ2v) is 5.32. The van der Waals surface area contributed by atoms with E-state index in [2.05, 4.69) is 25.1 Å². The highest BCUT2D eigenvalue weighted by molar-refractivity contribution is 5.69. The first kappa shape index (κ1) is 13.8. The smallest absolute Gasteiger partial charge is 0.219 e. The van der Waals surface area contributed by atoms with Crippen LogP contribution in [0.2, 0.25) is 0 Å². The fourth-order valence-electron chi connectivity index (χ4n) is 2.59. The molecule has 2 N–H and O–H groups in total. The fraction of sp³-hybridized carbons (Fsp3) is 0.357. The van der Waals surface area contributed by atoms with Gasteiger partial charge in [-0.1, -0.05) is 0 Å². The molecule has 0 spiro atoms. The summed E-state index contributed by atoms with van der Waals surface area (Å²) in [5.41, 5.74) is 7.85. The van der Waals surface area contributed by atoms with Gasteiger partial charge in [0.15, 0.2) is 5.82 Å². The van der Waals surface area contributed by atoms with Crippen LogP contribution in [-0.4, -0.2) is 55.9 Å². The topological polar surface area (TPSA) is 107 Å². The predicted molar refractivity (Wildman–Crippen MR) is 84.0 cm³/mol. The largest absolute Gasteiger partial charge is 0.378 e. The quantitative estimate of drug-likeness (QED) is 0.720. The van der Waals surface area contributed by atoms with Crippen LogP contribution >= 0.6 is 0 Å². The molecule has 1 fully saturated rings. The Hall–Kier alpha value is -2.81. The zero-order valence-corrected chi connectivity index (χ0v) is 12.7. The highest BCUT2D eigenvalue weighted by atomic mass is 16.5. The number of aromatic nitrogens is 6. The van der Waals surface area contributed by atoms with Gasteiger partial charge in [0.25, 0.3) is 0 Å². The van der Waals surface area contributed by atoms with E-state index in [0.717, 1.165) is 41.6 Å². The third kappa shape index (κ3) is 2.44. The number of morpholine rings is 1. The number of nitrogen functional groups attached to an aromatic ring is 1. The van der Waals surface area contributed by atoms with E-state index in [1.807, 2.05) is 17.5 Å². The van der Waals surface area contributed by atoms with Crippen molar-refractivity contribution in [3.05, 3.63) is 24.4 Å². The summed E-state index contributed by atoms with van der Waals surface area (Å²) in [6, 6.07) is 0. The number of nitrogens with zero attached hydrogens (tertiary/aromatic N) is 7. The van der Waals surface area contributed by atoms with E-state index in [0.29, 0.717) is 13.2 Å². The van der Waals surface area contributed by atoms with Crippen LogP contribution in [0.15, 0.2) is 18.6 Å². The van der Waals surface area contributed by atoms with Crippen molar-refractivity contribution < 1.29 is 4.74 Å². The molecule has 9 nitrogen and oxygen atoms in total. The van der Waals surface area contributed by atoms with Gasteiger partial charge in [-0.05, 0) is 6.92 Å². The Morgan fingerprint density at radius 3 is 2.61 bits per heavy atom. The molecule has 3 aromatic heterocycles. The van der Waals surface area contributed by atoms with Crippen LogP contribution in [0.1, 0.15) is 5.82 Å². The lowest BCUT2D eigenvalue weighted by Gasteiger charge is -2.28. The number of nitrogens with two attached hydrogens (primary N) is 1. The van der Waals surface area contributed by atoms with Crippen LogP contribution in [-0.2, 0) is 4.74 Å². The lowest BCUT2D eigenvalue weighted by atomic mass is 10.2. The molecular formula is C14H16N8O. The van der Waals surface area contributed by atoms with Gasteiger partial charge in [0.2, 0.25) is 11.6 Å². The Kier molecular flexibility index (Phi) is 3.27. The molecule has 118 valence electrons. The molecule has 0 atom stereocenters. The Bertz CT molecular complexity index is 838. The van der Waals surface area contributed by atoms with E-state index in [1.165, 1.54) is 0 Å². The molecular weight excluding hydrogens is 296 g/mol. The number of ether oxygens (including phenoxy) is 1. The Labute approximate surface area is 132 Å². The van der Waals surface area contributed by atoms with Gasteiger partial charge < -0.3 is 15.4 Å². The first-order valence-electron chi connectivity index (χ1n) is 7.35. The molecule has 23 heavy (non-hydrogen) atoms. The lowest BCUT2D eigenvalue weighted by Crippen LogP contribution is -2.37. The fourth-order valence-corrected chi connectivity index (χ4v) is 2.59. The van der Waals surface area contributed by atoms with Crippen molar-refractivity contribution in [1.82, 2.24) is 29.5 Å². The summed E-state index contributed by atoms with van der Waals surface area (Å²) in [5, 5.41) is 8.42. The summed E-state index contributed by atoms with van der Waals surface area (Å²) in [5.74, 6) is 1.83. The van der Waals surface area contributed by atoms with Crippen LogP contribution in [0.25, 0.3) is 16.9 Å². The van der Waals surface area contributed by atoms with Crippen LogP contribution < -0.4 is 10.6 Å². The highest BCUT2D eigenvalue weighted by Gasteiger charge is 2.20. The van der Waals surface area contributed by atoms with Crippen molar-refractivity contribution in [2.45, 2.75) is 6.92 Å². The highest BCUT2D eigenvalue weighted by Crippen LogP contribution is 2.25. The Morgan fingerprint density at radius 2 is 1.87 bits per heavy atom. The van der Waals surface area contributed by atoms with Crippen LogP contribution in [0.4, 0.5) is 11.8 Å². The molecule has 0 bridgehead atoms. The van der Waals surface area contributed by atoms with Crippen LogP contribution in [0.3, 0.4) is 0 Å². The van der Waals surface area contributed by atoms with Crippen LogP contribution in [0.5, 0.6) is 0 Å². The lowest BCUT2D eigenvalue weighted by molar-refractivity contribution is 0.122. The minimum absolute atomic E-state index is 0.240. The Balaban J connectivity index is 1.88. The molecule has 0 aliphatic carbocycles. The molecule has 4 rings (SSSR count). The maximum atomic E-state index is 5.56. The number of fused-ring (bicyclic) bond motifs is 1. The summed E-state index contributed by atoms with van der Waals surface area (Å²) < 4.78 is 7.35. The predicted octanol–water partition coefficient (Wildman–Crippen LogP) is 0.309. The molecule has 9 heteroatoms. The molecule has 0 unspecified atom stereocenters. The van der Waals surface area contributed by atoms with Gasteiger partial charge in [-0.2, -0.15) is 0 Å². The van der Waals surface area contributed by atoms with Gasteiger partial charge in [0, 0.05) is 37.2 Å². The van der Waals surface area contributed by atoms with Gasteiger partial charge in [-0.25, -0.2) is 15.0 Å². The summed E-state index contributed by atoms with van der Waals surface area (Å²) in [6.07, 6.45) is 5.22. The van der Waals surface area contributed by atoms with Crippen molar-refractivity contribution in [2.75, 3.05) is 36.9 Å². The minimum atomic E-state index is 0.240. The first-order valence-corrected chi connectivity index (χ1v) is 7.35.